The smallest absolute Gasteiger partial charge is 0.227 e. The van der Waals surface area contributed by atoms with Crippen LogP contribution in [0.15, 0.2) is 46.8 Å². The van der Waals surface area contributed by atoms with E-state index in [9.17, 15) is 4.79 Å². The summed E-state index contributed by atoms with van der Waals surface area (Å²) in [5.74, 6) is 1.96. The molecule has 6 heteroatoms. The van der Waals surface area contributed by atoms with Crippen molar-refractivity contribution in [2.75, 3.05) is 11.1 Å². The lowest BCUT2D eigenvalue weighted by Crippen LogP contribution is -2.36. The molecule has 2 aliphatic rings. The van der Waals surface area contributed by atoms with Crippen molar-refractivity contribution in [1.29, 1.82) is 0 Å². The largest absolute Gasteiger partial charge is 0.328 e. The summed E-state index contributed by atoms with van der Waals surface area (Å²) in [5.41, 5.74) is 2.90. The van der Waals surface area contributed by atoms with Crippen molar-refractivity contribution < 1.29 is 4.79 Å². The van der Waals surface area contributed by atoms with E-state index in [2.05, 4.69) is 38.2 Å². The maximum Gasteiger partial charge on any atom is 0.227 e. The van der Waals surface area contributed by atoms with Crippen LogP contribution in [0, 0.1) is 5.41 Å². The summed E-state index contributed by atoms with van der Waals surface area (Å²) in [6, 6.07) is 9.98. The Bertz CT molecular complexity index is 885. The number of nitrogens with zero attached hydrogens (tertiary/aromatic N) is 3. The molecule has 0 amide bonds. The molecule has 5 nitrogen and oxygen atoms in total. The molecule has 1 aliphatic heterocycles. The molecule has 4 rings (SSSR count). The molecule has 0 spiro atoms. The van der Waals surface area contributed by atoms with Gasteiger partial charge in [0.15, 0.2) is 5.78 Å². The van der Waals surface area contributed by atoms with Gasteiger partial charge in [-0.1, -0.05) is 69.3 Å². The molecule has 142 valence electrons. The van der Waals surface area contributed by atoms with Gasteiger partial charge in [0, 0.05) is 23.4 Å². The average Bonchev–Trinajstić information content (AvgIpc) is 3.02. The van der Waals surface area contributed by atoms with Crippen molar-refractivity contribution >= 4 is 23.5 Å². The standard InChI is InChI=1S/C21H26N4OS/c1-4-5-11-27-20-23-19-22-15-12-21(2,3)13-16(26)17(15)18(25(19)24-20)14-9-7-6-8-10-14/h6-10,18H,4-5,11-13H2,1-3H3,(H,22,23,24)/t18-/m1/s1. The number of thioether (sulfide) groups is 1. The Kier molecular flexibility index (Phi) is 4.84. The molecule has 0 saturated carbocycles. The van der Waals surface area contributed by atoms with E-state index in [1.54, 1.807) is 11.8 Å². The maximum absolute atomic E-state index is 13.1. The first-order valence-corrected chi connectivity index (χ1v) is 10.6. The second-order valence-corrected chi connectivity index (χ2v) is 9.20. The highest BCUT2D eigenvalue weighted by Gasteiger charge is 2.41. The van der Waals surface area contributed by atoms with Gasteiger partial charge in [0.1, 0.15) is 6.04 Å². The van der Waals surface area contributed by atoms with E-state index in [1.165, 1.54) is 0 Å². The van der Waals surface area contributed by atoms with E-state index < -0.39 is 0 Å². The molecule has 1 aromatic carbocycles. The number of nitrogens with one attached hydrogen (secondary N) is 1. The molecule has 0 unspecified atom stereocenters. The number of aromatic nitrogens is 3. The van der Waals surface area contributed by atoms with E-state index in [0.717, 1.165) is 53.0 Å². The highest BCUT2D eigenvalue weighted by Crippen LogP contribution is 2.45. The zero-order valence-electron chi connectivity index (χ0n) is 16.2. The number of carbonyl (C=O) groups is 1. The molecule has 2 aromatic rings. The minimum Gasteiger partial charge on any atom is -0.328 e. The molecule has 1 atom stereocenters. The maximum atomic E-state index is 13.1. The summed E-state index contributed by atoms with van der Waals surface area (Å²) in [6.45, 7) is 6.49. The van der Waals surface area contributed by atoms with Crippen LogP contribution in [0.2, 0.25) is 0 Å². The summed E-state index contributed by atoms with van der Waals surface area (Å²) in [4.78, 5) is 17.8. The average molecular weight is 383 g/mol. The number of hydrogen-bond acceptors (Lipinski definition) is 5. The molecule has 0 saturated heterocycles. The van der Waals surface area contributed by atoms with Gasteiger partial charge >= 0.3 is 0 Å². The van der Waals surface area contributed by atoms with Crippen LogP contribution in [0.25, 0.3) is 0 Å². The first kappa shape index (κ1) is 18.3. The van der Waals surface area contributed by atoms with E-state index >= 15 is 0 Å². The van der Waals surface area contributed by atoms with Gasteiger partial charge in [-0.25, -0.2) is 4.68 Å². The van der Waals surface area contributed by atoms with Crippen LogP contribution in [-0.4, -0.2) is 26.3 Å². The lowest BCUT2D eigenvalue weighted by atomic mass is 9.73. The summed E-state index contributed by atoms with van der Waals surface area (Å²) in [7, 11) is 0. The fourth-order valence-electron chi connectivity index (χ4n) is 3.90. The first-order valence-electron chi connectivity index (χ1n) is 9.66. The Hall–Kier alpha value is -2.08. The lowest BCUT2D eigenvalue weighted by molar-refractivity contribution is -0.118. The van der Waals surface area contributed by atoms with Crippen LogP contribution in [0.3, 0.4) is 0 Å². The predicted molar refractivity (Wildman–Crippen MR) is 109 cm³/mol. The third-order valence-corrected chi connectivity index (χ3v) is 6.08. The lowest BCUT2D eigenvalue weighted by Gasteiger charge is -2.38. The molecule has 27 heavy (non-hydrogen) atoms. The Morgan fingerprint density at radius 3 is 2.78 bits per heavy atom. The number of hydrogen-bond donors (Lipinski definition) is 1. The number of rotatable bonds is 5. The number of fused-ring (bicyclic) bond motifs is 1. The highest BCUT2D eigenvalue weighted by molar-refractivity contribution is 7.99. The molecule has 0 radical (unpaired) electrons. The fraction of sp³-hybridized carbons (Fsp3) is 0.476. The number of benzene rings is 1. The molecular formula is C21H26N4OS. The quantitative estimate of drug-likeness (QED) is 0.593. The van der Waals surface area contributed by atoms with Crippen LogP contribution in [0.1, 0.15) is 58.1 Å². The third-order valence-electron chi connectivity index (χ3n) is 5.16. The Balaban J connectivity index is 1.77. The normalized spacial score (nSPS) is 20.9. The molecule has 0 bridgehead atoms. The van der Waals surface area contributed by atoms with Crippen LogP contribution in [0.5, 0.6) is 0 Å². The van der Waals surface area contributed by atoms with Gasteiger partial charge in [-0.05, 0) is 23.8 Å². The summed E-state index contributed by atoms with van der Waals surface area (Å²) in [6.07, 6.45) is 3.72. The van der Waals surface area contributed by atoms with Crippen LogP contribution < -0.4 is 5.32 Å². The zero-order valence-corrected chi connectivity index (χ0v) is 17.0. The van der Waals surface area contributed by atoms with Gasteiger partial charge < -0.3 is 5.32 Å². The molecule has 0 fully saturated rings. The number of allylic oxidation sites excluding steroid dienone is 2. The number of ketones is 1. The Labute approximate surface area is 164 Å². The van der Waals surface area contributed by atoms with Gasteiger partial charge in [-0.3, -0.25) is 4.79 Å². The topological polar surface area (TPSA) is 59.8 Å². The van der Waals surface area contributed by atoms with Crippen molar-refractivity contribution in [2.24, 2.45) is 5.41 Å². The minimum absolute atomic E-state index is 0.0367. The third kappa shape index (κ3) is 3.55. The Morgan fingerprint density at radius 2 is 2.04 bits per heavy atom. The second kappa shape index (κ2) is 7.15. The van der Waals surface area contributed by atoms with Gasteiger partial charge in [0.2, 0.25) is 11.1 Å². The second-order valence-electron chi connectivity index (χ2n) is 8.14. The van der Waals surface area contributed by atoms with E-state index in [-0.39, 0.29) is 17.2 Å². The van der Waals surface area contributed by atoms with Crippen LogP contribution in [0.4, 0.5) is 5.95 Å². The van der Waals surface area contributed by atoms with Gasteiger partial charge in [0.25, 0.3) is 0 Å². The number of Topliss-reactive ketones (excluding diaryl/α,β-unsaturated/α-hetero) is 1. The van der Waals surface area contributed by atoms with Crippen LogP contribution >= 0.6 is 11.8 Å². The SMILES string of the molecule is CCCCSc1nc2n(n1)[C@H](c1ccccc1)C1=C(CC(C)(C)CC1=O)N2. The van der Waals surface area contributed by atoms with Crippen molar-refractivity contribution in [3.05, 3.63) is 47.2 Å². The van der Waals surface area contributed by atoms with E-state index in [1.807, 2.05) is 22.9 Å². The van der Waals surface area contributed by atoms with E-state index in [4.69, 9.17) is 10.1 Å². The number of unbranched alkanes of at least 4 members (excludes halogenated alkanes) is 1. The Morgan fingerprint density at radius 1 is 1.26 bits per heavy atom. The van der Waals surface area contributed by atoms with Gasteiger partial charge in [0.05, 0.1) is 0 Å². The van der Waals surface area contributed by atoms with Gasteiger partial charge in [-0.2, -0.15) is 4.98 Å². The zero-order chi connectivity index (χ0) is 19.0. The molecule has 2 heterocycles. The summed E-state index contributed by atoms with van der Waals surface area (Å²) < 4.78 is 1.90. The van der Waals surface area contributed by atoms with Crippen molar-refractivity contribution in [2.45, 2.75) is 57.7 Å². The van der Waals surface area contributed by atoms with Gasteiger partial charge in [-0.15, -0.1) is 5.10 Å². The molecule has 1 aromatic heterocycles. The highest BCUT2D eigenvalue weighted by atomic mass is 32.2. The first-order chi connectivity index (χ1) is 13.0. The molecular weight excluding hydrogens is 356 g/mol. The molecule has 1 N–H and O–H groups in total. The summed E-state index contributed by atoms with van der Waals surface area (Å²) in [5, 5.41) is 8.97. The van der Waals surface area contributed by atoms with Crippen molar-refractivity contribution in [3.63, 3.8) is 0 Å². The van der Waals surface area contributed by atoms with Crippen LogP contribution in [-0.2, 0) is 4.79 Å². The monoisotopic (exact) mass is 382 g/mol. The number of anilines is 1. The molecule has 1 aliphatic carbocycles. The number of carbonyl (C=O) groups excluding carboxylic acids is 1. The predicted octanol–water partition coefficient (Wildman–Crippen LogP) is 4.83. The summed E-state index contributed by atoms with van der Waals surface area (Å²) >= 11 is 1.68. The van der Waals surface area contributed by atoms with Crippen molar-refractivity contribution in [3.8, 4) is 0 Å². The fourth-order valence-corrected chi connectivity index (χ4v) is 4.81. The van der Waals surface area contributed by atoms with Crippen molar-refractivity contribution in [1.82, 2.24) is 14.8 Å². The van der Waals surface area contributed by atoms with E-state index in [0.29, 0.717) is 6.42 Å². The minimum atomic E-state index is -0.200.